The second-order valence-electron chi connectivity index (χ2n) is 6.46. The van der Waals surface area contributed by atoms with E-state index in [2.05, 4.69) is 19.9 Å². The number of ether oxygens (including phenoxy) is 1. The lowest BCUT2D eigenvalue weighted by molar-refractivity contribution is 0.0835. The van der Waals surface area contributed by atoms with Gasteiger partial charge in [-0.3, -0.25) is 4.79 Å². The molecule has 0 saturated heterocycles. The van der Waals surface area contributed by atoms with Crippen molar-refractivity contribution in [1.29, 1.82) is 0 Å². The van der Waals surface area contributed by atoms with Gasteiger partial charge in [0, 0.05) is 5.92 Å². The minimum Gasteiger partial charge on any atom is -0.496 e. The molecule has 0 amide bonds. The number of carbonyl (C=O) groups is 1. The van der Waals surface area contributed by atoms with E-state index in [0.29, 0.717) is 0 Å². The molecule has 2 rings (SSSR count). The summed E-state index contributed by atoms with van der Waals surface area (Å²) in [5.41, 5.74) is 3.06. The Morgan fingerprint density at radius 3 is 2.53 bits per heavy atom. The maximum atomic E-state index is 12.9. The molecule has 0 aliphatic heterocycles. The second-order valence-corrected chi connectivity index (χ2v) is 6.46. The van der Waals surface area contributed by atoms with E-state index in [1.165, 1.54) is 0 Å². The van der Waals surface area contributed by atoms with Crippen LogP contribution in [0.4, 0.5) is 0 Å². The second kappa shape index (κ2) is 4.99. The first-order valence-corrected chi connectivity index (χ1v) is 7.06. The molecule has 104 valence electrons. The number of methoxy groups -OCH3 is 1. The van der Waals surface area contributed by atoms with Crippen molar-refractivity contribution in [2.24, 2.45) is 11.3 Å². The number of ketones is 1. The van der Waals surface area contributed by atoms with Crippen molar-refractivity contribution in [3.05, 3.63) is 28.8 Å². The van der Waals surface area contributed by atoms with Gasteiger partial charge >= 0.3 is 0 Å². The smallest absolute Gasteiger partial charge is 0.170 e. The van der Waals surface area contributed by atoms with E-state index in [0.717, 1.165) is 41.7 Å². The summed E-state index contributed by atoms with van der Waals surface area (Å²) in [6.45, 7) is 8.45. The van der Waals surface area contributed by atoms with Gasteiger partial charge in [-0.15, -0.1) is 0 Å². The highest BCUT2D eigenvalue weighted by Crippen LogP contribution is 2.45. The molecule has 1 aromatic carbocycles. The predicted molar refractivity (Wildman–Crippen MR) is 77.9 cm³/mol. The van der Waals surface area contributed by atoms with Crippen LogP contribution in [0.25, 0.3) is 0 Å². The molecule has 1 aliphatic rings. The molecular weight excluding hydrogens is 236 g/mol. The average molecular weight is 260 g/mol. The number of hydrogen-bond donors (Lipinski definition) is 0. The molecular formula is C17H24O2. The normalized spacial score (nSPS) is 21.4. The average Bonchev–Trinajstić information content (AvgIpc) is 2.67. The maximum absolute atomic E-state index is 12.9. The summed E-state index contributed by atoms with van der Waals surface area (Å²) in [4.78, 5) is 12.9. The molecule has 0 heterocycles. The zero-order valence-electron chi connectivity index (χ0n) is 12.7. The molecule has 1 unspecified atom stereocenters. The molecule has 1 atom stereocenters. The summed E-state index contributed by atoms with van der Waals surface area (Å²) in [7, 11) is 1.64. The standard InChI is InChI=1S/C17H24O2/c1-11-9-12(2)15(14(10-11)19-5)16(18)13-7-6-8-17(13,3)4/h9-10,13H,6-8H2,1-5H3. The lowest BCUT2D eigenvalue weighted by Crippen LogP contribution is -2.26. The summed E-state index contributed by atoms with van der Waals surface area (Å²) in [6.07, 6.45) is 3.29. The van der Waals surface area contributed by atoms with Crippen molar-refractivity contribution in [1.82, 2.24) is 0 Å². The van der Waals surface area contributed by atoms with Gasteiger partial charge in [-0.05, 0) is 49.3 Å². The van der Waals surface area contributed by atoms with Crippen LogP contribution in [0.2, 0.25) is 0 Å². The Balaban J connectivity index is 2.44. The minimum absolute atomic E-state index is 0.111. The summed E-state index contributed by atoms with van der Waals surface area (Å²) in [6, 6.07) is 4.03. The van der Waals surface area contributed by atoms with Gasteiger partial charge in [0.2, 0.25) is 0 Å². The topological polar surface area (TPSA) is 26.3 Å². The zero-order chi connectivity index (χ0) is 14.2. The van der Waals surface area contributed by atoms with E-state index >= 15 is 0 Å². The van der Waals surface area contributed by atoms with Crippen LogP contribution in [0.15, 0.2) is 12.1 Å². The van der Waals surface area contributed by atoms with E-state index in [1.807, 2.05) is 19.9 Å². The number of carbonyl (C=O) groups excluding carboxylic acids is 1. The van der Waals surface area contributed by atoms with Crippen molar-refractivity contribution >= 4 is 5.78 Å². The summed E-state index contributed by atoms with van der Waals surface area (Å²) < 4.78 is 5.44. The van der Waals surface area contributed by atoms with Gasteiger partial charge in [0.1, 0.15) is 5.75 Å². The summed E-state index contributed by atoms with van der Waals surface area (Å²) in [5.74, 6) is 1.12. The third-order valence-electron chi connectivity index (χ3n) is 4.48. The number of hydrogen-bond acceptors (Lipinski definition) is 2. The molecule has 0 spiro atoms. The lowest BCUT2D eigenvalue weighted by Gasteiger charge is -2.27. The van der Waals surface area contributed by atoms with Gasteiger partial charge in [0.25, 0.3) is 0 Å². The van der Waals surface area contributed by atoms with E-state index in [4.69, 9.17) is 4.74 Å². The molecule has 2 heteroatoms. The quantitative estimate of drug-likeness (QED) is 0.756. The van der Waals surface area contributed by atoms with Crippen LogP contribution in [0.1, 0.15) is 54.6 Å². The third kappa shape index (κ3) is 2.54. The first-order valence-electron chi connectivity index (χ1n) is 7.06. The fourth-order valence-corrected chi connectivity index (χ4v) is 3.39. The molecule has 0 radical (unpaired) electrons. The highest BCUT2D eigenvalue weighted by molar-refractivity contribution is 6.02. The van der Waals surface area contributed by atoms with Crippen LogP contribution < -0.4 is 4.74 Å². The van der Waals surface area contributed by atoms with Crippen molar-refractivity contribution < 1.29 is 9.53 Å². The summed E-state index contributed by atoms with van der Waals surface area (Å²) in [5, 5.41) is 0. The van der Waals surface area contributed by atoms with E-state index in [9.17, 15) is 4.79 Å². The highest BCUT2D eigenvalue weighted by atomic mass is 16.5. The SMILES string of the molecule is COc1cc(C)cc(C)c1C(=O)C1CCCC1(C)C. The molecule has 1 aromatic rings. The number of aryl methyl sites for hydroxylation is 2. The van der Waals surface area contributed by atoms with Crippen LogP contribution in [0.5, 0.6) is 5.75 Å². The fourth-order valence-electron chi connectivity index (χ4n) is 3.39. The number of benzene rings is 1. The number of Topliss-reactive ketones (excluding diaryl/α,β-unsaturated/α-hetero) is 1. The molecule has 1 fully saturated rings. The Labute approximate surface area is 116 Å². The van der Waals surface area contributed by atoms with Gasteiger partial charge in [-0.2, -0.15) is 0 Å². The molecule has 0 bridgehead atoms. The van der Waals surface area contributed by atoms with Crippen molar-refractivity contribution in [2.45, 2.75) is 47.0 Å². The number of rotatable bonds is 3. The van der Waals surface area contributed by atoms with Crippen LogP contribution in [-0.4, -0.2) is 12.9 Å². The largest absolute Gasteiger partial charge is 0.496 e. The van der Waals surface area contributed by atoms with E-state index < -0.39 is 0 Å². The van der Waals surface area contributed by atoms with Gasteiger partial charge in [0.05, 0.1) is 12.7 Å². The Kier molecular flexibility index (Phi) is 3.71. The van der Waals surface area contributed by atoms with Gasteiger partial charge < -0.3 is 4.74 Å². The van der Waals surface area contributed by atoms with Crippen molar-refractivity contribution in [3.8, 4) is 5.75 Å². The molecule has 1 saturated carbocycles. The van der Waals surface area contributed by atoms with E-state index in [1.54, 1.807) is 7.11 Å². The fraction of sp³-hybridized carbons (Fsp3) is 0.588. The molecule has 1 aliphatic carbocycles. The predicted octanol–water partition coefficient (Wildman–Crippen LogP) is 4.32. The summed E-state index contributed by atoms with van der Waals surface area (Å²) >= 11 is 0. The van der Waals surface area contributed by atoms with Crippen LogP contribution >= 0.6 is 0 Å². The maximum Gasteiger partial charge on any atom is 0.170 e. The Hall–Kier alpha value is -1.31. The first kappa shape index (κ1) is 14.1. The Morgan fingerprint density at radius 1 is 1.32 bits per heavy atom. The minimum atomic E-state index is 0.111. The molecule has 19 heavy (non-hydrogen) atoms. The molecule has 0 aromatic heterocycles. The van der Waals surface area contributed by atoms with E-state index in [-0.39, 0.29) is 17.1 Å². The van der Waals surface area contributed by atoms with Crippen molar-refractivity contribution in [2.75, 3.05) is 7.11 Å². The monoisotopic (exact) mass is 260 g/mol. The van der Waals surface area contributed by atoms with Crippen LogP contribution in [0.3, 0.4) is 0 Å². The molecule has 0 N–H and O–H groups in total. The zero-order valence-corrected chi connectivity index (χ0v) is 12.7. The lowest BCUT2D eigenvalue weighted by atomic mass is 9.77. The van der Waals surface area contributed by atoms with Gasteiger partial charge in [0.15, 0.2) is 5.78 Å². The first-order chi connectivity index (χ1) is 8.86. The van der Waals surface area contributed by atoms with Crippen molar-refractivity contribution in [3.63, 3.8) is 0 Å². The van der Waals surface area contributed by atoms with Gasteiger partial charge in [-0.1, -0.05) is 26.3 Å². The molecule has 2 nitrogen and oxygen atoms in total. The van der Waals surface area contributed by atoms with Crippen LogP contribution in [0, 0.1) is 25.2 Å². The van der Waals surface area contributed by atoms with Crippen LogP contribution in [-0.2, 0) is 0 Å². The van der Waals surface area contributed by atoms with Gasteiger partial charge in [-0.25, -0.2) is 0 Å². The third-order valence-corrected chi connectivity index (χ3v) is 4.48. The highest BCUT2D eigenvalue weighted by Gasteiger charge is 2.40. The Bertz CT molecular complexity index is 500. The Morgan fingerprint density at radius 2 is 2.00 bits per heavy atom.